The fourth-order valence-electron chi connectivity index (χ4n) is 12.7. The summed E-state index contributed by atoms with van der Waals surface area (Å²) in [4.78, 5) is 38.7. The molecule has 11 nitrogen and oxygen atoms in total. The van der Waals surface area contributed by atoms with E-state index in [4.69, 9.17) is 18.9 Å². The molecule has 0 bridgehead atoms. The predicted molar refractivity (Wildman–Crippen MR) is 185 cm³/mol. The first kappa shape index (κ1) is 38.7. The van der Waals surface area contributed by atoms with Gasteiger partial charge in [0.25, 0.3) is 0 Å². The van der Waals surface area contributed by atoms with Crippen LogP contribution < -0.4 is 0 Å². The number of carbonyl (C=O) groups excluding carboxylic acids is 3. The van der Waals surface area contributed by atoms with E-state index < -0.39 is 72.2 Å². The summed E-state index contributed by atoms with van der Waals surface area (Å²) < 4.78 is 22.5. The minimum absolute atomic E-state index is 0.0190. The number of ether oxygens (including phenoxy) is 4. The van der Waals surface area contributed by atoms with Gasteiger partial charge in [-0.3, -0.25) is 14.4 Å². The van der Waals surface area contributed by atoms with Crippen LogP contribution in [-0.4, -0.2) is 87.9 Å². The SMILES string of the molecule is CC(=O)O[C@H]1C(CO)O[C@H](OC(=O)[C@]23CCC(C)(C)C[C@H]2C2=CC[C@@H]4[C@@]5(C)CC[C@H](O)C(C)(C)C5CC[C@@]4(C)[C@]2(C)CC3O)C(O)[C@@H]1OC(C)=O. The third-order valence-corrected chi connectivity index (χ3v) is 15.7. The fraction of sp³-hybridized carbons (Fsp3) is 0.875. The molecule has 51 heavy (non-hydrogen) atoms. The molecule has 4 saturated carbocycles. The molecule has 6 aliphatic rings. The van der Waals surface area contributed by atoms with Crippen LogP contribution in [0.5, 0.6) is 0 Å². The maximum absolute atomic E-state index is 14.8. The topological polar surface area (TPSA) is 169 Å². The summed E-state index contributed by atoms with van der Waals surface area (Å²) >= 11 is 0. The van der Waals surface area contributed by atoms with Crippen molar-refractivity contribution in [2.75, 3.05) is 6.61 Å². The van der Waals surface area contributed by atoms with Crippen molar-refractivity contribution < 1.29 is 53.8 Å². The van der Waals surface area contributed by atoms with Gasteiger partial charge in [0.15, 0.2) is 18.3 Å². The van der Waals surface area contributed by atoms with Crippen LogP contribution in [0.15, 0.2) is 11.6 Å². The monoisotopic (exact) mass is 718 g/mol. The molecule has 1 saturated heterocycles. The Hall–Kier alpha value is -2.05. The van der Waals surface area contributed by atoms with Crippen LogP contribution in [0, 0.1) is 50.2 Å². The summed E-state index contributed by atoms with van der Waals surface area (Å²) in [6, 6.07) is 0. The van der Waals surface area contributed by atoms with Gasteiger partial charge in [-0.05, 0) is 103 Å². The Bertz CT molecular complexity index is 1440. The smallest absolute Gasteiger partial charge is 0.317 e. The van der Waals surface area contributed by atoms with Crippen molar-refractivity contribution in [1.29, 1.82) is 0 Å². The molecule has 4 unspecified atom stereocenters. The number of allylic oxidation sites excluding steroid dienone is 2. The van der Waals surface area contributed by atoms with Crippen LogP contribution in [0.4, 0.5) is 0 Å². The average molecular weight is 719 g/mol. The van der Waals surface area contributed by atoms with Gasteiger partial charge in [0.1, 0.15) is 11.5 Å². The van der Waals surface area contributed by atoms with Crippen molar-refractivity contribution in [3.05, 3.63) is 11.6 Å². The average Bonchev–Trinajstić information content (AvgIpc) is 3.02. The van der Waals surface area contributed by atoms with Gasteiger partial charge in [0.2, 0.25) is 6.29 Å². The van der Waals surface area contributed by atoms with E-state index >= 15 is 0 Å². The lowest BCUT2D eigenvalue weighted by Crippen LogP contribution is -2.68. The zero-order valence-corrected chi connectivity index (χ0v) is 32.1. The molecule has 1 aliphatic heterocycles. The van der Waals surface area contributed by atoms with Gasteiger partial charge in [0.05, 0.1) is 18.8 Å². The highest BCUT2D eigenvalue weighted by Crippen LogP contribution is 2.75. The van der Waals surface area contributed by atoms with Crippen molar-refractivity contribution in [3.8, 4) is 0 Å². The number of hydrogen-bond donors (Lipinski definition) is 4. The molecule has 288 valence electrons. The number of aliphatic hydroxyl groups is 4. The maximum Gasteiger partial charge on any atom is 0.317 e. The van der Waals surface area contributed by atoms with Crippen LogP contribution in [-0.2, 0) is 33.3 Å². The van der Waals surface area contributed by atoms with Crippen LogP contribution in [0.25, 0.3) is 0 Å². The van der Waals surface area contributed by atoms with E-state index in [-0.39, 0.29) is 33.7 Å². The highest BCUT2D eigenvalue weighted by molar-refractivity contribution is 5.80. The molecule has 4 N–H and O–H groups in total. The number of hydrogen-bond acceptors (Lipinski definition) is 11. The maximum atomic E-state index is 14.8. The Morgan fingerprint density at radius 2 is 1.45 bits per heavy atom. The number of esters is 3. The van der Waals surface area contributed by atoms with Gasteiger partial charge >= 0.3 is 17.9 Å². The van der Waals surface area contributed by atoms with Crippen LogP contribution in [0.1, 0.15) is 120 Å². The van der Waals surface area contributed by atoms with Gasteiger partial charge in [-0.2, -0.15) is 0 Å². The van der Waals surface area contributed by atoms with Gasteiger partial charge in [0, 0.05) is 13.8 Å². The van der Waals surface area contributed by atoms with E-state index in [1.807, 2.05) is 0 Å². The molecule has 1 heterocycles. The van der Waals surface area contributed by atoms with Gasteiger partial charge in [-0.15, -0.1) is 0 Å². The second-order valence-electron chi connectivity index (χ2n) is 19.1. The zero-order valence-electron chi connectivity index (χ0n) is 32.1. The van der Waals surface area contributed by atoms with E-state index in [2.05, 4.69) is 54.5 Å². The van der Waals surface area contributed by atoms with E-state index in [0.29, 0.717) is 37.5 Å². The largest absolute Gasteiger partial charge is 0.456 e. The van der Waals surface area contributed by atoms with Crippen LogP contribution in [0.3, 0.4) is 0 Å². The molecular formula is C40H62O11. The minimum Gasteiger partial charge on any atom is -0.456 e. The molecule has 11 heteroatoms. The Balaban J connectivity index is 1.36. The highest BCUT2D eigenvalue weighted by Gasteiger charge is 2.71. The summed E-state index contributed by atoms with van der Waals surface area (Å²) in [5.41, 5.74) is -0.941. The Morgan fingerprint density at radius 1 is 0.804 bits per heavy atom. The molecule has 0 radical (unpaired) electrons. The predicted octanol–water partition coefficient (Wildman–Crippen LogP) is 4.60. The summed E-state index contributed by atoms with van der Waals surface area (Å²) in [5, 5.41) is 45.1. The standard InChI is InChI=1S/C40H62O11/c1-21(42)48-31-25(20-41)50-33(30(46)32(31)49-22(2)43)51-34(47)40-17-16-35(3,4)18-24(40)23-10-11-27-37(7)14-13-28(44)36(5,6)26(37)12-15-38(27,8)39(23,9)19-29(40)45/h10,24-33,41,44-46H,11-20H2,1-9H3/t24-,25?,26?,27+,28-,29?,30?,31-,32-,33+,37-,38+,39+,40+/m0/s1. The first-order chi connectivity index (χ1) is 23.6. The number of rotatable bonds is 5. The van der Waals surface area contributed by atoms with Crippen LogP contribution >= 0.6 is 0 Å². The van der Waals surface area contributed by atoms with E-state index in [1.165, 1.54) is 5.57 Å². The summed E-state index contributed by atoms with van der Waals surface area (Å²) in [7, 11) is 0. The minimum atomic E-state index is -1.73. The fourth-order valence-corrected chi connectivity index (χ4v) is 12.7. The molecule has 0 spiro atoms. The molecule has 6 rings (SSSR count). The lowest BCUT2D eigenvalue weighted by atomic mass is 9.33. The first-order valence-electron chi connectivity index (χ1n) is 19.2. The number of aliphatic hydroxyl groups excluding tert-OH is 4. The lowest BCUT2D eigenvalue weighted by Gasteiger charge is -2.71. The Morgan fingerprint density at radius 3 is 2.08 bits per heavy atom. The normalized spacial score (nSPS) is 48.4. The third kappa shape index (κ3) is 5.73. The molecule has 5 fully saturated rings. The van der Waals surface area contributed by atoms with Gasteiger partial charge < -0.3 is 39.4 Å². The molecule has 5 aliphatic carbocycles. The van der Waals surface area contributed by atoms with Gasteiger partial charge in [-0.25, -0.2) is 0 Å². The molecule has 14 atom stereocenters. The Labute approximate surface area is 302 Å². The highest BCUT2D eigenvalue weighted by atomic mass is 16.7. The first-order valence-corrected chi connectivity index (χ1v) is 19.2. The summed E-state index contributed by atoms with van der Waals surface area (Å²) in [6.07, 6.45) is 0.233. The van der Waals surface area contributed by atoms with E-state index in [9.17, 15) is 34.8 Å². The van der Waals surface area contributed by atoms with Crippen LogP contribution in [0.2, 0.25) is 0 Å². The third-order valence-electron chi connectivity index (χ3n) is 15.7. The Kier molecular flexibility index (Phi) is 9.69. The molecule has 0 aromatic heterocycles. The van der Waals surface area contributed by atoms with Crippen molar-refractivity contribution >= 4 is 17.9 Å². The molecule has 0 aromatic rings. The summed E-state index contributed by atoms with van der Waals surface area (Å²) in [6.45, 7) is 17.6. The van der Waals surface area contributed by atoms with Gasteiger partial charge in [-0.1, -0.05) is 60.1 Å². The van der Waals surface area contributed by atoms with E-state index in [0.717, 1.165) is 46.0 Å². The molecule has 0 amide bonds. The second kappa shape index (κ2) is 12.8. The molecular weight excluding hydrogens is 656 g/mol. The van der Waals surface area contributed by atoms with E-state index in [1.54, 1.807) is 0 Å². The summed E-state index contributed by atoms with van der Waals surface area (Å²) in [5.74, 6) is -1.80. The van der Waals surface area contributed by atoms with Crippen molar-refractivity contribution in [2.24, 2.45) is 50.2 Å². The van der Waals surface area contributed by atoms with Crippen molar-refractivity contribution in [2.45, 2.75) is 163 Å². The zero-order chi connectivity index (χ0) is 37.7. The number of fused-ring (bicyclic) bond motifs is 7. The molecule has 0 aromatic carbocycles. The lowest BCUT2D eigenvalue weighted by molar-refractivity contribution is -0.303. The number of carbonyl (C=O) groups is 3. The van der Waals surface area contributed by atoms with Crippen molar-refractivity contribution in [1.82, 2.24) is 0 Å². The van der Waals surface area contributed by atoms with Crippen molar-refractivity contribution in [3.63, 3.8) is 0 Å². The quantitative estimate of drug-likeness (QED) is 0.178. The second-order valence-corrected chi connectivity index (χ2v) is 19.1.